The summed E-state index contributed by atoms with van der Waals surface area (Å²) in [5.74, 6) is -0.579. The van der Waals surface area contributed by atoms with Crippen molar-refractivity contribution in [1.29, 1.82) is 0 Å². The average molecular weight is 348 g/mol. The number of benzene rings is 1. The number of thiazole rings is 1. The summed E-state index contributed by atoms with van der Waals surface area (Å²) in [6, 6.07) is 7.25. The van der Waals surface area contributed by atoms with E-state index < -0.39 is 6.10 Å². The number of esters is 1. The number of amides is 1. The number of hydrogen-bond acceptors (Lipinski definition) is 6. The summed E-state index contributed by atoms with van der Waals surface area (Å²) in [5.41, 5.74) is 1.49. The normalized spacial score (nSPS) is 11.8. The highest BCUT2D eigenvalue weighted by Crippen LogP contribution is 2.22. The van der Waals surface area contributed by atoms with Crippen molar-refractivity contribution >= 4 is 28.3 Å². The van der Waals surface area contributed by atoms with Crippen LogP contribution in [0.4, 0.5) is 5.13 Å². The van der Waals surface area contributed by atoms with Gasteiger partial charge in [-0.3, -0.25) is 10.1 Å². The fourth-order valence-electron chi connectivity index (χ4n) is 2.11. The monoisotopic (exact) mass is 348 g/mol. The molecule has 0 aliphatic rings. The van der Waals surface area contributed by atoms with Crippen molar-refractivity contribution in [2.45, 2.75) is 26.4 Å². The highest BCUT2D eigenvalue weighted by Gasteiger charge is 2.14. The fraction of sp³-hybridized carbons (Fsp3) is 0.353. The number of carbonyl (C=O) groups is 2. The van der Waals surface area contributed by atoms with E-state index in [1.807, 2.05) is 19.1 Å². The second-order valence-electron chi connectivity index (χ2n) is 5.09. The maximum Gasteiger partial charge on any atom is 0.337 e. The first-order valence-corrected chi connectivity index (χ1v) is 8.39. The predicted octanol–water partition coefficient (Wildman–Crippen LogP) is 2.88. The molecule has 1 heterocycles. The van der Waals surface area contributed by atoms with E-state index >= 15 is 0 Å². The van der Waals surface area contributed by atoms with Gasteiger partial charge in [0.25, 0.3) is 5.91 Å². The number of methoxy groups -OCH3 is 1. The lowest BCUT2D eigenvalue weighted by atomic mass is 10.1. The molecule has 0 radical (unpaired) electrons. The molecule has 0 unspecified atom stereocenters. The SMILES string of the molecule is CCO[C@H](C)C(=O)Nc1ncc(Cc2cccc(C(=O)OC)c2)s1. The van der Waals surface area contributed by atoms with Crippen LogP contribution in [-0.4, -0.2) is 36.7 Å². The lowest BCUT2D eigenvalue weighted by molar-refractivity contribution is -0.126. The molecule has 0 spiro atoms. The lowest BCUT2D eigenvalue weighted by Gasteiger charge is -2.09. The fourth-order valence-corrected chi connectivity index (χ4v) is 2.96. The van der Waals surface area contributed by atoms with E-state index in [4.69, 9.17) is 9.47 Å². The van der Waals surface area contributed by atoms with E-state index in [2.05, 4.69) is 10.3 Å². The molecule has 24 heavy (non-hydrogen) atoms. The van der Waals surface area contributed by atoms with Gasteiger partial charge in [0.05, 0.1) is 12.7 Å². The third-order valence-electron chi connectivity index (χ3n) is 3.30. The van der Waals surface area contributed by atoms with Crippen LogP contribution in [0.3, 0.4) is 0 Å². The molecule has 1 N–H and O–H groups in total. The predicted molar refractivity (Wildman–Crippen MR) is 92.4 cm³/mol. The Labute approximate surface area is 144 Å². The molecule has 0 aliphatic carbocycles. The molecule has 7 heteroatoms. The number of hydrogen-bond donors (Lipinski definition) is 1. The first-order chi connectivity index (χ1) is 11.5. The summed E-state index contributed by atoms with van der Waals surface area (Å²) in [4.78, 5) is 28.7. The van der Waals surface area contributed by atoms with Gasteiger partial charge in [0.2, 0.25) is 0 Å². The molecule has 0 fully saturated rings. The molecule has 1 atom stereocenters. The van der Waals surface area contributed by atoms with Gasteiger partial charge in [-0.15, -0.1) is 11.3 Å². The molecule has 0 saturated heterocycles. The molecule has 128 valence electrons. The Balaban J connectivity index is 2.01. The number of carbonyl (C=O) groups excluding carboxylic acids is 2. The number of ether oxygens (including phenoxy) is 2. The van der Waals surface area contributed by atoms with Gasteiger partial charge in [-0.1, -0.05) is 12.1 Å². The summed E-state index contributed by atoms with van der Waals surface area (Å²) in [5, 5.41) is 3.27. The maximum atomic E-state index is 11.9. The number of nitrogens with one attached hydrogen (secondary N) is 1. The Kier molecular flexibility index (Phi) is 6.45. The van der Waals surface area contributed by atoms with Crippen LogP contribution < -0.4 is 5.32 Å². The van der Waals surface area contributed by atoms with E-state index in [0.717, 1.165) is 10.4 Å². The molecule has 1 amide bonds. The third kappa shape index (κ3) is 4.87. The number of nitrogens with zero attached hydrogens (tertiary/aromatic N) is 1. The molecular formula is C17H20N2O4S. The molecule has 0 aliphatic heterocycles. The van der Waals surface area contributed by atoms with E-state index in [9.17, 15) is 9.59 Å². The Morgan fingerprint density at radius 2 is 2.17 bits per heavy atom. The first kappa shape index (κ1) is 18.1. The minimum Gasteiger partial charge on any atom is -0.465 e. The van der Waals surface area contributed by atoms with Gasteiger partial charge < -0.3 is 9.47 Å². The Hall–Kier alpha value is -2.25. The Morgan fingerprint density at radius 3 is 2.88 bits per heavy atom. The zero-order valence-corrected chi connectivity index (χ0v) is 14.7. The van der Waals surface area contributed by atoms with Gasteiger partial charge in [0, 0.05) is 24.1 Å². The summed E-state index contributed by atoms with van der Waals surface area (Å²) in [6.07, 6.45) is 1.83. The van der Waals surface area contributed by atoms with Crippen LogP contribution in [-0.2, 0) is 20.7 Å². The van der Waals surface area contributed by atoms with Crippen LogP contribution in [0.1, 0.15) is 34.6 Å². The topological polar surface area (TPSA) is 77.5 Å². The van der Waals surface area contributed by atoms with E-state index in [1.165, 1.54) is 18.4 Å². The summed E-state index contributed by atoms with van der Waals surface area (Å²) in [7, 11) is 1.36. The van der Waals surface area contributed by atoms with Crippen molar-refractivity contribution in [3.8, 4) is 0 Å². The van der Waals surface area contributed by atoms with Crippen LogP contribution in [0.5, 0.6) is 0 Å². The van der Waals surface area contributed by atoms with Crippen molar-refractivity contribution in [1.82, 2.24) is 4.98 Å². The highest BCUT2D eigenvalue weighted by molar-refractivity contribution is 7.15. The minimum atomic E-state index is -0.515. The molecule has 0 bridgehead atoms. The molecule has 0 saturated carbocycles. The van der Waals surface area contributed by atoms with Gasteiger partial charge in [-0.05, 0) is 31.5 Å². The van der Waals surface area contributed by atoms with Crippen molar-refractivity contribution < 1.29 is 19.1 Å². The lowest BCUT2D eigenvalue weighted by Crippen LogP contribution is -2.27. The second kappa shape index (κ2) is 8.56. The second-order valence-corrected chi connectivity index (χ2v) is 6.20. The zero-order chi connectivity index (χ0) is 17.5. The first-order valence-electron chi connectivity index (χ1n) is 7.58. The van der Waals surface area contributed by atoms with E-state index in [0.29, 0.717) is 23.7 Å². The molecule has 2 rings (SSSR count). The van der Waals surface area contributed by atoms with Crippen LogP contribution in [0.2, 0.25) is 0 Å². The van der Waals surface area contributed by atoms with Gasteiger partial charge in [-0.2, -0.15) is 0 Å². The van der Waals surface area contributed by atoms with Crippen molar-refractivity contribution in [3.05, 3.63) is 46.5 Å². The van der Waals surface area contributed by atoms with Crippen LogP contribution >= 0.6 is 11.3 Å². The van der Waals surface area contributed by atoms with Crippen molar-refractivity contribution in [3.63, 3.8) is 0 Å². The molecular weight excluding hydrogens is 328 g/mol. The van der Waals surface area contributed by atoms with Crippen molar-refractivity contribution in [2.75, 3.05) is 19.0 Å². The highest BCUT2D eigenvalue weighted by atomic mass is 32.1. The van der Waals surface area contributed by atoms with Gasteiger partial charge >= 0.3 is 5.97 Å². The van der Waals surface area contributed by atoms with Crippen LogP contribution in [0.25, 0.3) is 0 Å². The number of anilines is 1. The van der Waals surface area contributed by atoms with Crippen molar-refractivity contribution in [2.24, 2.45) is 0 Å². The molecule has 6 nitrogen and oxygen atoms in total. The van der Waals surface area contributed by atoms with Gasteiger partial charge in [0.1, 0.15) is 6.10 Å². The summed E-state index contributed by atoms with van der Waals surface area (Å²) < 4.78 is 9.97. The average Bonchev–Trinajstić information content (AvgIpc) is 3.01. The molecule has 1 aromatic heterocycles. The zero-order valence-electron chi connectivity index (χ0n) is 13.9. The number of rotatable bonds is 7. The Bertz CT molecular complexity index is 714. The third-order valence-corrected chi connectivity index (χ3v) is 4.21. The summed E-state index contributed by atoms with van der Waals surface area (Å²) >= 11 is 1.40. The van der Waals surface area contributed by atoms with E-state index in [-0.39, 0.29) is 11.9 Å². The molecule has 2 aromatic rings. The maximum absolute atomic E-state index is 11.9. The minimum absolute atomic E-state index is 0.217. The van der Waals surface area contributed by atoms with Crippen LogP contribution in [0, 0.1) is 0 Å². The molecule has 1 aromatic carbocycles. The van der Waals surface area contributed by atoms with Gasteiger partial charge in [-0.25, -0.2) is 9.78 Å². The summed E-state index contributed by atoms with van der Waals surface area (Å²) in [6.45, 7) is 4.02. The van der Waals surface area contributed by atoms with Crippen LogP contribution in [0.15, 0.2) is 30.5 Å². The largest absolute Gasteiger partial charge is 0.465 e. The van der Waals surface area contributed by atoms with E-state index in [1.54, 1.807) is 25.3 Å². The quantitative estimate of drug-likeness (QED) is 0.779. The number of aromatic nitrogens is 1. The van der Waals surface area contributed by atoms with Gasteiger partial charge in [0.15, 0.2) is 5.13 Å². The Morgan fingerprint density at radius 1 is 1.38 bits per heavy atom. The smallest absolute Gasteiger partial charge is 0.337 e. The standard InChI is InChI=1S/C17H20N2O4S/c1-4-23-11(2)15(20)19-17-18-10-14(24-17)9-12-6-5-7-13(8-12)16(21)22-3/h5-8,10-11H,4,9H2,1-3H3,(H,18,19,20)/t11-/m1/s1.